The van der Waals surface area contributed by atoms with Gasteiger partial charge in [-0.1, -0.05) is 0 Å². The zero-order chi connectivity index (χ0) is 14.0. The minimum Gasteiger partial charge on any atom is -0.309 e. The zero-order valence-corrected chi connectivity index (χ0v) is 11.0. The summed E-state index contributed by atoms with van der Waals surface area (Å²) in [5.74, 6) is 0.850. The summed E-state index contributed by atoms with van der Waals surface area (Å²) < 4.78 is 39.1. The molecule has 1 atom stereocenters. The monoisotopic (exact) mass is 291 g/mol. The maximum absolute atomic E-state index is 12.5. The SMILES string of the molecule is CC(CC(F)(F)F)n1c(CCCl)nc2cccnc21. The molecule has 104 valence electrons. The highest BCUT2D eigenvalue weighted by Crippen LogP contribution is 2.30. The third-order valence-electron chi connectivity index (χ3n) is 2.81. The van der Waals surface area contributed by atoms with Crippen molar-refractivity contribution < 1.29 is 13.2 Å². The van der Waals surface area contributed by atoms with Gasteiger partial charge in [0, 0.05) is 24.5 Å². The van der Waals surface area contributed by atoms with E-state index in [0.717, 1.165) is 0 Å². The molecule has 0 amide bonds. The van der Waals surface area contributed by atoms with Crippen molar-refractivity contribution in [2.45, 2.75) is 32.0 Å². The Morgan fingerprint density at radius 2 is 2.16 bits per heavy atom. The first-order valence-corrected chi connectivity index (χ1v) is 6.40. The molecule has 2 heterocycles. The number of alkyl halides is 4. The van der Waals surface area contributed by atoms with Crippen LogP contribution in [0.15, 0.2) is 18.3 Å². The van der Waals surface area contributed by atoms with Crippen LogP contribution >= 0.6 is 11.6 Å². The topological polar surface area (TPSA) is 30.7 Å². The van der Waals surface area contributed by atoms with Crippen LogP contribution in [0, 0.1) is 0 Å². The van der Waals surface area contributed by atoms with E-state index in [4.69, 9.17) is 11.6 Å². The van der Waals surface area contributed by atoms with Crippen molar-refractivity contribution in [3.05, 3.63) is 24.2 Å². The molecule has 0 spiro atoms. The molecule has 2 rings (SSSR count). The fraction of sp³-hybridized carbons (Fsp3) is 0.500. The van der Waals surface area contributed by atoms with E-state index in [1.807, 2.05) is 0 Å². The smallest absolute Gasteiger partial charge is 0.309 e. The molecule has 0 saturated carbocycles. The summed E-state index contributed by atoms with van der Waals surface area (Å²) in [6.45, 7) is 1.51. The van der Waals surface area contributed by atoms with E-state index < -0.39 is 18.6 Å². The van der Waals surface area contributed by atoms with Crippen LogP contribution in [0.2, 0.25) is 0 Å². The Hall–Kier alpha value is -1.30. The highest BCUT2D eigenvalue weighted by molar-refractivity contribution is 6.17. The fourth-order valence-electron chi connectivity index (χ4n) is 2.13. The van der Waals surface area contributed by atoms with E-state index in [2.05, 4.69) is 9.97 Å². The van der Waals surface area contributed by atoms with Crippen molar-refractivity contribution in [3.8, 4) is 0 Å². The summed E-state index contributed by atoms with van der Waals surface area (Å²) >= 11 is 5.68. The molecule has 3 nitrogen and oxygen atoms in total. The van der Waals surface area contributed by atoms with Gasteiger partial charge in [0.25, 0.3) is 0 Å². The van der Waals surface area contributed by atoms with Gasteiger partial charge < -0.3 is 4.57 Å². The molecule has 2 aromatic heterocycles. The van der Waals surface area contributed by atoms with Crippen molar-refractivity contribution in [1.29, 1.82) is 0 Å². The van der Waals surface area contributed by atoms with Crippen molar-refractivity contribution in [2.24, 2.45) is 0 Å². The van der Waals surface area contributed by atoms with Gasteiger partial charge in [-0.05, 0) is 19.1 Å². The number of imidazole rings is 1. The first-order valence-electron chi connectivity index (χ1n) is 5.87. The van der Waals surface area contributed by atoms with Crippen LogP contribution in [-0.4, -0.2) is 26.6 Å². The molecule has 19 heavy (non-hydrogen) atoms. The Balaban J connectivity index is 2.46. The van der Waals surface area contributed by atoms with E-state index in [9.17, 15) is 13.2 Å². The zero-order valence-electron chi connectivity index (χ0n) is 10.3. The lowest BCUT2D eigenvalue weighted by Gasteiger charge is -2.18. The van der Waals surface area contributed by atoms with Crippen LogP contribution < -0.4 is 0 Å². The second kappa shape index (κ2) is 5.36. The minimum atomic E-state index is -4.22. The Bertz CT molecular complexity index is 565. The van der Waals surface area contributed by atoms with E-state index in [-0.39, 0.29) is 0 Å². The normalized spacial score (nSPS) is 13.9. The van der Waals surface area contributed by atoms with Gasteiger partial charge in [-0.15, -0.1) is 11.6 Å². The van der Waals surface area contributed by atoms with Gasteiger partial charge in [-0.25, -0.2) is 9.97 Å². The number of halogens is 4. The average molecular weight is 292 g/mol. The summed E-state index contributed by atoms with van der Waals surface area (Å²) in [7, 11) is 0. The molecule has 0 aliphatic rings. The van der Waals surface area contributed by atoms with Gasteiger partial charge in [0.2, 0.25) is 0 Å². The number of rotatable bonds is 4. The van der Waals surface area contributed by atoms with Crippen molar-refractivity contribution in [2.75, 3.05) is 5.88 Å². The van der Waals surface area contributed by atoms with Crippen LogP contribution in [0.1, 0.15) is 25.2 Å². The average Bonchev–Trinajstić information content (AvgIpc) is 2.65. The number of nitrogens with zero attached hydrogens (tertiary/aromatic N) is 3. The molecule has 0 aromatic carbocycles. The number of aromatic nitrogens is 3. The molecule has 0 N–H and O–H groups in total. The molecule has 0 saturated heterocycles. The highest BCUT2D eigenvalue weighted by atomic mass is 35.5. The van der Waals surface area contributed by atoms with Gasteiger partial charge >= 0.3 is 6.18 Å². The predicted molar refractivity (Wildman–Crippen MR) is 67.3 cm³/mol. The molecular weight excluding hydrogens is 279 g/mol. The van der Waals surface area contributed by atoms with Gasteiger partial charge in [-0.3, -0.25) is 0 Å². The van der Waals surface area contributed by atoms with Gasteiger partial charge in [0.05, 0.1) is 6.42 Å². The van der Waals surface area contributed by atoms with Crippen LogP contribution in [0.4, 0.5) is 13.2 Å². The van der Waals surface area contributed by atoms with E-state index >= 15 is 0 Å². The highest BCUT2D eigenvalue weighted by Gasteiger charge is 2.32. The molecule has 2 aromatic rings. The molecule has 0 bridgehead atoms. The third-order valence-corrected chi connectivity index (χ3v) is 3.00. The number of fused-ring (bicyclic) bond motifs is 1. The molecule has 0 radical (unpaired) electrons. The second-order valence-corrected chi connectivity index (χ2v) is 4.73. The summed E-state index contributed by atoms with van der Waals surface area (Å²) in [5.41, 5.74) is 1.07. The molecule has 0 fully saturated rings. The summed E-state index contributed by atoms with van der Waals surface area (Å²) in [6, 6.07) is 2.69. The standard InChI is InChI=1S/C12H13ClF3N3/c1-8(7-12(14,15)16)19-10(4-5-13)18-9-3-2-6-17-11(9)19/h2-3,6,8H,4-5,7H2,1H3. The molecule has 0 aliphatic heterocycles. The predicted octanol–water partition coefficient (Wildman–Crippen LogP) is 3.73. The summed E-state index contributed by atoms with van der Waals surface area (Å²) in [6.07, 6.45) is -3.17. The third kappa shape index (κ3) is 3.18. The quantitative estimate of drug-likeness (QED) is 0.804. The van der Waals surface area contributed by atoms with Crippen LogP contribution in [-0.2, 0) is 6.42 Å². The lowest BCUT2D eigenvalue weighted by atomic mass is 10.2. The van der Waals surface area contributed by atoms with E-state index in [1.165, 1.54) is 11.5 Å². The molecule has 0 aliphatic carbocycles. The van der Waals surface area contributed by atoms with Crippen LogP contribution in [0.3, 0.4) is 0 Å². The minimum absolute atomic E-state index is 0.308. The lowest BCUT2D eigenvalue weighted by Crippen LogP contribution is -2.18. The van der Waals surface area contributed by atoms with Crippen molar-refractivity contribution >= 4 is 22.8 Å². The van der Waals surface area contributed by atoms with Gasteiger partial charge in [0.15, 0.2) is 5.65 Å². The first-order chi connectivity index (χ1) is 8.92. The van der Waals surface area contributed by atoms with Crippen molar-refractivity contribution in [1.82, 2.24) is 14.5 Å². The van der Waals surface area contributed by atoms with Crippen molar-refractivity contribution in [3.63, 3.8) is 0 Å². The Morgan fingerprint density at radius 1 is 1.42 bits per heavy atom. The van der Waals surface area contributed by atoms with E-state index in [0.29, 0.717) is 29.3 Å². The second-order valence-electron chi connectivity index (χ2n) is 4.35. The molecule has 1 unspecified atom stereocenters. The maximum atomic E-state index is 12.5. The number of pyridine rings is 1. The Labute approximate surface area is 113 Å². The number of hydrogen-bond acceptors (Lipinski definition) is 2. The Morgan fingerprint density at radius 3 is 2.79 bits per heavy atom. The fourth-order valence-corrected chi connectivity index (χ4v) is 2.30. The number of hydrogen-bond donors (Lipinski definition) is 0. The lowest BCUT2D eigenvalue weighted by molar-refractivity contribution is -0.141. The Kier molecular flexibility index (Phi) is 3.99. The largest absolute Gasteiger partial charge is 0.391 e. The maximum Gasteiger partial charge on any atom is 0.391 e. The number of aryl methyl sites for hydroxylation is 1. The van der Waals surface area contributed by atoms with Gasteiger partial charge in [-0.2, -0.15) is 13.2 Å². The van der Waals surface area contributed by atoms with Crippen LogP contribution in [0.25, 0.3) is 11.2 Å². The van der Waals surface area contributed by atoms with Crippen LogP contribution in [0.5, 0.6) is 0 Å². The summed E-state index contributed by atoms with van der Waals surface area (Å²) in [4.78, 5) is 8.43. The van der Waals surface area contributed by atoms with E-state index in [1.54, 1.807) is 18.3 Å². The first kappa shape index (κ1) is 14.1. The molecule has 7 heteroatoms. The summed E-state index contributed by atoms with van der Waals surface area (Å²) in [5, 5.41) is 0. The van der Waals surface area contributed by atoms with Gasteiger partial charge in [0.1, 0.15) is 11.3 Å². The molecular formula is C12H13ClF3N3.